The molecule has 0 heterocycles. The largest absolute Gasteiger partial charge is 0.0847 e. The molecular formula is C25H27P. The average molecular weight is 358 g/mol. The van der Waals surface area contributed by atoms with E-state index in [-0.39, 0.29) is 7.92 Å². The van der Waals surface area contributed by atoms with Crippen LogP contribution in [0.5, 0.6) is 0 Å². The highest BCUT2D eigenvalue weighted by molar-refractivity contribution is 7.73. The Kier molecular flexibility index (Phi) is 6.81. The summed E-state index contributed by atoms with van der Waals surface area (Å²) in [6.07, 6.45) is 5.95. The lowest BCUT2D eigenvalue weighted by Gasteiger charge is -2.21. The van der Waals surface area contributed by atoms with E-state index < -0.39 is 0 Å². The first-order valence-corrected chi connectivity index (χ1v) is 10.9. The molecule has 3 rings (SSSR count). The molecule has 26 heavy (non-hydrogen) atoms. The maximum Gasteiger partial charge on any atom is -0.00103 e. The third-order valence-electron chi connectivity index (χ3n) is 4.66. The van der Waals surface area contributed by atoms with Crippen molar-refractivity contribution < 1.29 is 0 Å². The normalized spacial score (nSPS) is 13.8. The third-order valence-corrected chi connectivity index (χ3v) is 7.44. The van der Waals surface area contributed by atoms with Crippen LogP contribution < -0.4 is 10.6 Å². The lowest BCUT2D eigenvalue weighted by Crippen LogP contribution is -2.16. The Hall–Kier alpha value is -2.17. The van der Waals surface area contributed by atoms with Crippen molar-refractivity contribution in [3.63, 3.8) is 0 Å². The Bertz CT molecular complexity index is 754. The quantitative estimate of drug-likeness (QED) is 0.353. The summed E-state index contributed by atoms with van der Waals surface area (Å²) in [5.41, 5.74) is 1.38. The van der Waals surface area contributed by atoms with Gasteiger partial charge in [0.15, 0.2) is 0 Å². The zero-order valence-electron chi connectivity index (χ0n) is 15.6. The molecule has 0 aromatic heterocycles. The standard InChI is InChI=1S/C25H27P/c1-21(18-19-22(2)23-12-6-3-7-13-23)20-26(24-14-8-4-9-15-24)25-16-10-5-11-17-25/h3-19,21-22H,20H2,1-2H3/b19-18-/t21-,22+/m0/s1. The molecule has 0 aliphatic carbocycles. The predicted octanol–water partition coefficient (Wildman–Crippen LogP) is 6.12. The molecule has 0 aliphatic rings. The van der Waals surface area contributed by atoms with Gasteiger partial charge in [-0.25, -0.2) is 0 Å². The molecule has 0 bridgehead atoms. The minimum Gasteiger partial charge on any atom is -0.0847 e. The molecule has 0 N–H and O–H groups in total. The van der Waals surface area contributed by atoms with Crippen molar-refractivity contribution >= 4 is 18.5 Å². The second kappa shape index (κ2) is 9.51. The summed E-state index contributed by atoms with van der Waals surface area (Å²) in [5.74, 6) is 1.01. The van der Waals surface area contributed by atoms with Gasteiger partial charge >= 0.3 is 0 Å². The molecule has 0 fully saturated rings. The summed E-state index contributed by atoms with van der Waals surface area (Å²) in [4.78, 5) is 0. The minimum absolute atomic E-state index is 0.327. The van der Waals surface area contributed by atoms with E-state index in [4.69, 9.17) is 0 Å². The van der Waals surface area contributed by atoms with Crippen molar-refractivity contribution in [2.45, 2.75) is 19.8 Å². The van der Waals surface area contributed by atoms with Gasteiger partial charge in [-0.15, -0.1) is 0 Å². The maximum atomic E-state index is 2.40. The van der Waals surface area contributed by atoms with Crippen molar-refractivity contribution in [1.29, 1.82) is 0 Å². The monoisotopic (exact) mass is 358 g/mol. The molecule has 0 spiro atoms. The van der Waals surface area contributed by atoms with Crippen molar-refractivity contribution in [3.05, 3.63) is 109 Å². The van der Waals surface area contributed by atoms with Crippen LogP contribution in [-0.2, 0) is 0 Å². The lowest BCUT2D eigenvalue weighted by molar-refractivity contribution is 0.825. The second-order valence-corrected chi connectivity index (χ2v) is 9.10. The molecule has 3 aromatic rings. The van der Waals surface area contributed by atoms with E-state index in [0.29, 0.717) is 11.8 Å². The van der Waals surface area contributed by atoms with Crippen molar-refractivity contribution in [1.82, 2.24) is 0 Å². The fourth-order valence-electron chi connectivity index (χ4n) is 3.15. The van der Waals surface area contributed by atoms with E-state index >= 15 is 0 Å². The molecule has 2 atom stereocenters. The Labute approximate surface area is 159 Å². The highest BCUT2D eigenvalue weighted by Crippen LogP contribution is 2.36. The Morgan fingerprint density at radius 1 is 0.654 bits per heavy atom. The SMILES string of the molecule is C[C@H](/C=C\[C@H](C)CP(c1ccccc1)c1ccccc1)c1ccccc1. The molecule has 0 saturated heterocycles. The number of rotatable bonds is 7. The molecule has 0 unspecified atom stereocenters. The summed E-state index contributed by atoms with van der Waals surface area (Å²) in [6, 6.07) is 32.7. The van der Waals surface area contributed by atoms with Crippen LogP contribution in [0.2, 0.25) is 0 Å². The van der Waals surface area contributed by atoms with E-state index in [1.54, 1.807) is 0 Å². The van der Waals surface area contributed by atoms with Crippen molar-refractivity contribution in [2.75, 3.05) is 6.16 Å². The topological polar surface area (TPSA) is 0 Å². The van der Waals surface area contributed by atoms with Gasteiger partial charge in [0.2, 0.25) is 0 Å². The van der Waals surface area contributed by atoms with Gasteiger partial charge in [-0.05, 0) is 42.1 Å². The first-order chi connectivity index (χ1) is 12.7. The van der Waals surface area contributed by atoms with Crippen molar-refractivity contribution in [3.8, 4) is 0 Å². The van der Waals surface area contributed by atoms with Crippen LogP contribution >= 0.6 is 7.92 Å². The summed E-state index contributed by atoms with van der Waals surface area (Å²) >= 11 is 0. The van der Waals surface area contributed by atoms with Crippen LogP contribution in [0.25, 0.3) is 0 Å². The zero-order chi connectivity index (χ0) is 18.2. The van der Waals surface area contributed by atoms with E-state index in [1.165, 1.54) is 22.3 Å². The van der Waals surface area contributed by atoms with Crippen LogP contribution in [0.3, 0.4) is 0 Å². The first-order valence-electron chi connectivity index (χ1n) is 9.35. The van der Waals surface area contributed by atoms with Crippen LogP contribution in [0.15, 0.2) is 103 Å². The van der Waals surface area contributed by atoms with Gasteiger partial charge in [0.1, 0.15) is 0 Å². The van der Waals surface area contributed by atoms with Gasteiger partial charge in [-0.1, -0.05) is 117 Å². The second-order valence-electron chi connectivity index (χ2n) is 6.84. The number of allylic oxidation sites excluding steroid dienone is 2. The van der Waals surface area contributed by atoms with E-state index in [1.807, 2.05) is 0 Å². The van der Waals surface area contributed by atoms with Gasteiger partial charge in [-0.2, -0.15) is 0 Å². The minimum atomic E-state index is -0.327. The molecule has 0 aliphatic heterocycles. The van der Waals surface area contributed by atoms with Crippen LogP contribution in [0, 0.1) is 5.92 Å². The Morgan fingerprint density at radius 2 is 1.12 bits per heavy atom. The smallest absolute Gasteiger partial charge is 0.00103 e. The van der Waals surface area contributed by atoms with Gasteiger partial charge in [0, 0.05) is 0 Å². The first kappa shape index (κ1) is 18.6. The highest BCUT2D eigenvalue weighted by atomic mass is 31.1. The molecule has 0 amide bonds. The van der Waals surface area contributed by atoms with E-state index in [0.717, 1.165) is 0 Å². The van der Waals surface area contributed by atoms with Crippen LogP contribution in [0.1, 0.15) is 25.3 Å². The van der Waals surface area contributed by atoms with Crippen LogP contribution in [-0.4, -0.2) is 6.16 Å². The summed E-state index contributed by atoms with van der Waals surface area (Å²) < 4.78 is 0. The molecule has 0 saturated carbocycles. The fourth-order valence-corrected chi connectivity index (χ4v) is 5.63. The molecule has 0 nitrogen and oxygen atoms in total. The fraction of sp³-hybridized carbons (Fsp3) is 0.200. The Balaban J connectivity index is 1.73. The highest BCUT2D eigenvalue weighted by Gasteiger charge is 2.15. The van der Waals surface area contributed by atoms with Gasteiger partial charge < -0.3 is 0 Å². The molecule has 1 heteroatoms. The maximum absolute atomic E-state index is 2.40. The predicted molar refractivity (Wildman–Crippen MR) is 117 cm³/mol. The van der Waals surface area contributed by atoms with Crippen molar-refractivity contribution in [2.24, 2.45) is 5.92 Å². The summed E-state index contributed by atoms with van der Waals surface area (Å²) in [7, 11) is -0.327. The van der Waals surface area contributed by atoms with Gasteiger partial charge in [-0.3, -0.25) is 0 Å². The van der Waals surface area contributed by atoms with Gasteiger partial charge in [0.05, 0.1) is 0 Å². The Morgan fingerprint density at radius 3 is 1.62 bits per heavy atom. The average Bonchev–Trinajstić information content (AvgIpc) is 2.72. The number of hydrogen-bond donors (Lipinski definition) is 0. The number of hydrogen-bond acceptors (Lipinski definition) is 0. The van der Waals surface area contributed by atoms with E-state index in [2.05, 4.69) is 117 Å². The number of benzene rings is 3. The van der Waals surface area contributed by atoms with Gasteiger partial charge in [0.25, 0.3) is 0 Å². The summed E-state index contributed by atoms with van der Waals surface area (Å²) in [6.45, 7) is 4.62. The lowest BCUT2D eigenvalue weighted by atomic mass is 9.99. The van der Waals surface area contributed by atoms with E-state index in [9.17, 15) is 0 Å². The zero-order valence-corrected chi connectivity index (χ0v) is 16.5. The molecule has 0 radical (unpaired) electrons. The van der Waals surface area contributed by atoms with Crippen LogP contribution in [0.4, 0.5) is 0 Å². The molecule has 132 valence electrons. The summed E-state index contributed by atoms with van der Waals surface area (Å²) in [5, 5.41) is 2.93. The third kappa shape index (κ3) is 5.16. The molecule has 3 aromatic carbocycles. The molecular weight excluding hydrogens is 331 g/mol.